The monoisotopic (exact) mass is 412 g/mol. The van der Waals surface area contributed by atoms with E-state index in [2.05, 4.69) is 36.0 Å². The molecule has 2 heterocycles. The van der Waals surface area contributed by atoms with Gasteiger partial charge in [-0.2, -0.15) is 18.3 Å². The van der Waals surface area contributed by atoms with Crippen molar-refractivity contribution in [1.29, 1.82) is 0 Å². The lowest BCUT2D eigenvalue weighted by Gasteiger charge is -2.18. The molecule has 29 heavy (non-hydrogen) atoms. The fraction of sp³-hybridized carbons (Fsp3) is 0.556. The number of guanidine groups is 1. The number of halogens is 3. The number of hydrogen-bond acceptors (Lipinski definition) is 5. The van der Waals surface area contributed by atoms with Gasteiger partial charge in [-0.3, -0.25) is 9.67 Å². The maximum absolute atomic E-state index is 12.7. The molecule has 3 N–H and O–H groups in total. The second-order valence-electron chi connectivity index (χ2n) is 6.71. The average Bonchev–Trinajstić information content (AvgIpc) is 2.89. The molecule has 0 aliphatic rings. The summed E-state index contributed by atoms with van der Waals surface area (Å²) in [4.78, 5) is 11.4. The van der Waals surface area contributed by atoms with Crippen molar-refractivity contribution in [3.05, 3.63) is 34.9 Å². The number of aromatic nitrogens is 4. The van der Waals surface area contributed by atoms with Gasteiger partial charge in [0.2, 0.25) is 5.95 Å². The maximum Gasteiger partial charge on any atom is 0.433 e. The van der Waals surface area contributed by atoms with Gasteiger partial charge in [0.25, 0.3) is 0 Å². The highest BCUT2D eigenvalue weighted by Crippen LogP contribution is 2.27. The van der Waals surface area contributed by atoms with Crippen molar-refractivity contribution in [2.45, 2.75) is 39.4 Å². The van der Waals surface area contributed by atoms with E-state index in [9.17, 15) is 13.2 Å². The number of hydrogen-bond donors (Lipinski definition) is 3. The smallest absolute Gasteiger partial charge is 0.355 e. The molecular formula is C18H27F3N8. The van der Waals surface area contributed by atoms with Crippen LogP contribution < -0.4 is 16.0 Å². The molecule has 0 bridgehead atoms. The molecule has 2 aromatic heterocycles. The van der Waals surface area contributed by atoms with Gasteiger partial charge in [0.15, 0.2) is 5.96 Å². The molecule has 1 unspecified atom stereocenters. The molecule has 2 rings (SSSR count). The summed E-state index contributed by atoms with van der Waals surface area (Å²) in [6, 6.07) is 0.949. The van der Waals surface area contributed by atoms with Crippen LogP contribution in [0.25, 0.3) is 0 Å². The lowest BCUT2D eigenvalue weighted by atomic mass is 10.1. The molecule has 0 saturated carbocycles. The largest absolute Gasteiger partial charge is 0.433 e. The first kappa shape index (κ1) is 22.4. The van der Waals surface area contributed by atoms with E-state index in [1.165, 1.54) is 5.56 Å². The number of nitrogens with zero attached hydrogens (tertiary/aromatic N) is 5. The van der Waals surface area contributed by atoms with Crippen molar-refractivity contribution in [3.63, 3.8) is 0 Å². The standard InChI is InChI=1S/C18H27F3N8/c1-11(10-14-12(2)28-29(5)13(14)3)26-16(22-4)24-8-9-25-17-23-7-6-15(27-17)18(19,20)21/h6-7,11H,8-10H2,1-5H3,(H2,22,24,26)(H,23,25,27). The molecule has 160 valence electrons. The van der Waals surface area contributed by atoms with E-state index in [1.54, 1.807) is 7.05 Å². The lowest BCUT2D eigenvalue weighted by molar-refractivity contribution is -0.141. The highest BCUT2D eigenvalue weighted by Gasteiger charge is 2.32. The van der Waals surface area contributed by atoms with E-state index < -0.39 is 11.9 Å². The van der Waals surface area contributed by atoms with Crippen LogP contribution in [-0.2, 0) is 19.6 Å². The predicted octanol–water partition coefficient (Wildman–Crippen LogP) is 2.05. The van der Waals surface area contributed by atoms with Crippen LogP contribution in [0.4, 0.5) is 19.1 Å². The summed E-state index contributed by atoms with van der Waals surface area (Å²) < 4.78 is 39.9. The number of alkyl halides is 3. The van der Waals surface area contributed by atoms with E-state index in [-0.39, 0.29) is 12.0 Å². The molecule has 0 spiro atoms. The SMILES string of the molecule is CN=C(NCCNc1nccc(C(F)(F)F)n1)NC(C)Cc1c(C)nn(C)c1C. The van der Waals surface area contributed by atoms with Gasteiger partial charge in [-0.25, -0.2) is 9.97 Å². The van der Waals surface area contributed by atoms with E-state index in [0.717, 1.165) is 30.1 Å². The van der Waals surface area contributed by atoms with Crippen LogP contribution in [0.5, 0.6) is 0 Å². The zero-order valence-electron chi connectivity index (χ0n) is 17.2. The number of anilines is 1. The molecule has 0 radical (unpaired) electrons. The summed E-state index contributed by atoms with van der Waals surface area (Å²) in [7, 11) is 3.58. The summed E-state index contributed by atoms with van der Waals surface area (Å²) in [5.74, 6) is 0.531. The summed E-state index contributed by atoms with van der Waals surface area (Å²) in [5, 5.41) is 13.6. The van der Waals surface area contributed by atoms with E-state index >= 15 is 0 Å². The highest BCUT2D eigenvalue weighted by atomic mass is 19.4. The second kappa shape index (κ2) is 9.57. The molecule has 0 aliphatic carbocycles. The summed E-state index contributed by atoms with van der Waals surface area (Å²) in [5.41, 5.74) is 2.36. The third kappa shape index (κ3) is 6.33. The van der Waals surface area contributed by atoms with Gasteiger partial charge in [0, 0.05) is 45.1 Å². The Labute approximate surface area is 168 Å². The topological polar surface area (TPSA) is 92.1 Å². The number of aryl methyl sites for hydroxylation is 2. The van der Waals surface area contributed by atoms with Crippen molar-refractivity contribution in [3.8, 4) is 0 Å². The Bertz CT molecular complexity index is 844. The quantitative estimate of drug-likeness (QED) is 0.366. The predicted molar refractivity (Wildman–Crippen MR) is 106 cm³/mol. The van der Waals surface area contributed by atoms with Gasteiger partial charge in [-0.15, -0.1) is 0 Å². The van der Waals surface area contributed by atoms with E-state index in [1.807, 2.05) is 32.5 Å². The van der Waals surface area contributed by atoms with Gasteiger partial charge in [0.05, 0.1) is 5.69 Å². The van der Waals surface area contributed by atoms with Crippen LogP contribution in [0, 0.1) is 13.8 Å². The Morgan fingerprint density at radius 3 is 2.59 bits per heavy atom. The third-order valence-electron chi connectivity index (χ3n) is 4.42. The maximum atomic E-state index is 12.7. The molecule has 0 aliphatic heterocycles. The van der Waals surface area contributed by atoms with Crippen LogP contribution in [0.2, 0.25) is 0 Å². The van der Waals surface area contributed by atoms with Gasteiger partial charge in [-0.1, -0.05) is 0 Å². The lowest BCUT2D eigenvalue weighted by Crippen LogP contribution is -2.44. The Morgan fingerprint density at radius 1 is 1.28 bits per heavy atom. The number of rotatable bonds is 7. The van der Waals surface area contributed by atoms with Gasteiger partial charge >= 0.3 is 6.18 Å². The Balaban J connectivity index is 1.80. The summed E-state index contributed by atoms with van der Waals surface area (Å²) >= 11 is 0. The molecule has 0 fully saturated rings. The van der Waals surface area contributed by atoms with Gasteiger partial charge in [-0.05, 0) is 38.8 Å². The van der Waals surface area contributed by atoms with Crippen LogP contribution >= 0.6 is 0 Å². The minimum atomic E-state index is -4.50. The molecular weight excluding hydrogens is 385 g/mol. The molecule has 2 aromatic rings. The van der Waals surface area contributed by atoms with Crippen molar-refractivity contribution in [1.82, 2.24) is 30.4 Å². The fourth-order valence-electron chi connectivity index (χ4n) is 2.86. The normalized spacial score (nSPS) is 13.3. The molecule has 0 amide bonds. The fourth-order valence-corrected chi connectivity index (χ4v) is 2.86. The zero-order valence-corrected chi connectivity index (χ0v) is 17.2. The second-order valence-corrected chi connectivity index (χ2v) is 6.71. The first-order valence-corrected chi connectivity index (χ1v) is 9.22. The molecule has 1 atom stereocenters. The third-order valence-corrected chi connectivity index (χ3v) is 4.42. The Morgan fingerprint density at radius 2 is 2.00 bits per heavy atom. The van der Waals surface area contributed by atoms with Crippen molar-refractivity contribution >= 4 is 11.9 Å². The molecule has 11 heteroatoms. The molecule has 0 saturated heterocycles. The summed E-state index contributed by atoms with van der Waals surface area (Å²) in [6.07, 6.45) is -2.62. The first-order chi connectivity index (χ1) is 13.6. The van der Waals surface area contributed by atoms with Crippen molar-refractivity contribution in [2.75, 3.05) is 25.5 Å². The Hall–Kier alpha value is -2.85. The van der Waals surface area contributed by atoms with Crippen LogP contribution in [-0.4, -0.2) is 51.9 Å². The van der Waals surface area contributed by atoms with E-state index in [0.29, 0.717) is 19.0 Å². The van der Waals surface area contributed by atoms with Crippen molar-refractivity contribution < 1.29 is 13.2 Å². The van der Waals surface area contributed by atoms with Crippen LogP contribution in [0.1, 0.15) is 29.6 Å². The zero-order chi connectivity index (χ0) is 21.6. The van der Waals surface area contributed by atoms with Gasteiger partial charge in [0.1, 0.15) is 5.69 Å². The first-order valence-electron chi connectivity index (χ1n) is 9.22. The summed E-state index contributed by atoms with van der Waals surface area (Å²) in [6.45, 7) is 6.84. The minimum Gasteiger partial charge on any atom is -0.355 e. The van der Waals surface area contributed by atoms with Crippen molar-refractivity contribution in [2.24, 2.45) is 12.0 Å². The number of aliphatic imine (C=N–C) groups is 1. The number of nitrogens with one attached hydrogen (secondary N) is 3. The highest BCUT2D eigenvalue weighted by molar-refractivity contribution is 5.80. The Kier molecular flexibility index (Phi) is 7.40. The van der Waals surface area contributed by atoms with Crippen LogP contribution in [0.3, 0.4) is 0 Å². The minimum absolute atomic E-state index is 0.0690. The van der Waals surface area contributed by atoms with Gasteiger partial charge < -0.3 is 16.0 Å². The van der Waals surface area contributed by atoms with E-state index in [4.69, 9.17) is 0 Å². The molecule has 8 nitrogen and oxygen atoms in total. The molecule has 0 aromatic carbocycles. The van der Waals surface area contributed by atoms with Crippen LogP contribution in [0.15, 0.2) is 17.3 Å². The average molecular weight is 412 g/mol.